The average molecular weight is 364 g/mol. The third-order valence-corrected chi connectivity index (χ3v) is 4.00. The largest absolute Gasteiger partial charge is 0.497 e. The van der Waals surface area contributed by atoms with Crippen molar-refractivity contribution >= 4 is 39.1 Å². The summed E-state index contributed by atoms with van der Waals surface area (Å²) in [7, 11) is 1.55. The lowest BCUT2D eigenvalue weighted by atomic mass is 10.0. The minimum absolute atomic E-state index is 0.366. The molecule has 0 amide bonds. The number of hydrogen-bond acceptors (Lipinski definition) is 1. The molecule has 0 heterocycles. The van der Waals surface area contributed by atoms with Crippen molar-refractivity contribution in [1.29, 1.82) is 0 Å². The van der Waals surface area contributed by atoms with Gasteiger partial charge in [0.15, 0.2) is 0 Å². The van der Waals surface area contributed by atoms with Gasteiger partial charge in [-0.3, -0.25) is 0 Å². The molecule has 0 spiro atoms. The van der Waals surface area contributed by atoms with Gasteiger partial charge in [0.2, 0.25) is 0 Å². The van der Waals surface area contributed by atoms with Crippen molar-refractivity contribution < 1.29 is 9.13 Å². The van der Waals surface area contributed by atoms with Gasteiger partial charge in [0.25, 0.3) is 0 Å². The van der Waals surface area contributed by atoms with Crippen molar-refractivity contribution in [2.45, 2.75) is 5.38 Å². The van der Waals surface area contributed by atoms with Gasteiger partial charge in [0.1, 0.15) is 11.6 Å². The predicted molar refractivity (Wildman–Crippen MR) is 79.8 cm³/mol. The summed E-state index contributed by atoms with van der Waals surface area (Å²) in [5.74, 6) is 0.266. The Morgan fingerprint density at radius 2 is 1.89 bits per heavy atom. The van der Waals surface area contributed by atoms with Crippen molar-refractivity contribution in [2.75, 3.05) is 7.11 Å². The van der Waals surface area contributed by atoms with E-state index in [1.807, 2.05) is 0 Å². The van der Waals surface area contributed by atoms with Crippen molar-refractivity contribution in [3.05, 3.63) is 62.8 Å². The Bertz CT molecular complexity index is 604. The Labute approximate surface area is 129 Å². The molecule has 0 aliphatic rings. The van der Waals surface area contributed by atoms with Crippen LogP contribution in [0, 0.1) is 5.82 Å². The van der Waals surface area contributed by atoms with E-state index in [0.29, 0.717) is 21.9 Å². The number of ether oxygens (including phenoxy) is 1. The van der Waals surface area contributed by atoms with E-state index in [-0.39, 0.29) is 5.82 Å². The lowest BCUT2D eigenvalue weighted by molar-refractivity contribution is 0.414. The van der Waals surface area contributed by atoms with Crippen LogP contribution in [0.3, 0.4) is 0 Å². The van der Waals surface area contributed by atoms with E-state index in [1.54, 1.807) is 37.4 Å². The smallest absolute Gasteiger partial charge is 0.128 e. The van der Waals surface area contributed by atoms with Gasteiger partial charge in [0.05, 0.1) is 12.5 Å². The number of rotatable bonds is 3. The molecule has 0 saturated carbocycles. The normalized spacial score (nSPS) is 12.3. The highest BCUT2D eigenvalue weighted by atomic mass is 79.9. The molecule has 2 aromatic carbocycles. The summed E-state index contributed by atoms with van der Waals surface area (Å²) in [6.07, 6.45) is 0. The average Bonchev–Trinajstić information content (AvgIpc) is 2.40. The van der Waals surface area contributed by atoms with Crippen molar-refractivity contribution in [1.82, 2.24) is 0 Å². The molecule has 0 radical (unpaired) electrons. The molecule has 0 N–H and O–H groups in total. The molecule has 1 nitrogen and oxygen atoms in total. The van der Waals surface area contributed by atoms with Crippen LogP contribution in [0.15, 0.2) is 40.9 Å². The SMILES string of the molecule is COc1ccc(C(Cl)c2cc(Br)ccc2F)c(Cl)c1. The monoisotopic (exact) mass is 362 g/mol. The molecule has 0 saturated heterocycles. The van der Waals surface area contributed by atoms with Gasteiger partial charge in [-0.25, -0.2) is 4.39 Å². The van der Waals surface area contributed by atoms with Crippen molar-refractivity contribution in [2.24, 2.45) is 0 Å². The summed E-state index contributed by atoms with van der Waals surface area (Å²) in [5, 5.41) is -0.213. The first-order chi connectivity index (χ1) is 9.02. The summed E-state index contributed by atoms with van der Waals surface area (Å²) >= 11 is 15.8. The lowest BCUT2D eigenvalue weighted by Gasteiger charge is -2.14. The van der Waals surface area contributed by atoms with Gasteiger partial charge in [0, 0.05) is 15.1 Å². The lowest BCUT2D eigenvalue weighted by Crippen LogP contribution is -1.98. The quantitative estimate of drug-likeness (QED) is 0.647. The minimum atomic E-state index is -0.657. The van der Waals surface area contributed by atoms with Crippen LogP contribution in [0.1, 0.15) is 16.5 Å². The molecule has 0 aliphatic heterocycles. The molecule has 0 fully saturated rings. The third-order valence-electron chi connectivity index (χ3n) is 2.71. The molecular formula is C14H10BrCl2FO. The zero-order valence-corrected chi connectivity index (χ0v) is 13.1. The second-order valence-corrected chi connectivity index (χ2v) is 5.68. The van der Waals surface area contributed by atoms with Crippen molar-refractivity contribution in [3.8, 4) is 5.75 Å². The first-order valence-corrected chi connectivity index (χ1v) is 7.06. The second kappa shape index (κ2) is 6.12. The third kappa shape index (κ3) is 3.22. The number of benzene rings is 2. The second-order valence-electron chi connectivity index (χ2n) is 3.92. The maximum Gasteiger partial charge on any atom is 0.128 e. The van der Waals surface area contributed by atoms with E-state index >= 15 is 0 Å². The zero-order chi connectivity index (χ0) is 14.0. The van der Waals surface area contributed by atoms with Crippen LogP contribution < -0.4 is 4.74 Å². The summed E-state index contributed by atoms with van der Waals surface area (Å²) in [5.41, 5.74) is 1.02. The van der Waals surface area contributed by atoms with Gasteiger partial charge in [-0.2, -0.15) is 0 Å². The molecule has 1 unspecified atom stereocenters. The molecule has 2 aromatic rings. The summed E-state index contributed by atoms with van der Waals surface area (Å²) in [6.45, 7) is 0. The highest BCUT2D eigenvalue weighted by molar-refractivity contribution is 9.10. The first kappa shape index (κ1) is 14.6. The van der Waals surface area contributed by atoms with Gasteiger partial charge in [-0.05, 0) is 35.9 Å². The van der Waals surface area contributed by atoms with Crippen LogP contribution >= 0.6 is 39.1 Å². The summed E-state index contributed by atoms with van der Waals surface area (Å²) in [6, 6.07) is 9.77. The van der Waals surface area contributed by atoms with E-state index < -0.39 is 5.38 Å². The van der Waals surface area contributed by atoms with E-state index in [2.05, 4.69) is 15.9 Å². The van der Waals surface area contributed by atoms with Crippen LogP contribution in [0.2, 0.25) is 5.02 Å². The van der Waals surface area contributed by atoms with Gasteiger partial charge >= 0.3 is 0 Å². The summed E-state index contributed by atoms with van der Waals surface area (Å²) in [4.78, 5) is 0. The molecular weight excluding hydrogens is 354 g/mol. The Kier molecular flexibility index (Phi) is 4.71. The molecule has 100 valence electrons. The molecule has 0 aliphatic carbocycles. The topological polar surface area (TPSA) is 9.23 Å². The molecule has 0 aromatic heterocycles. The van der Waals surface area contributed by atoms with Crippen LogP contribution in [0.4, 0.5) is 4.39 Å². The zero-order valence-electron chi connectivity index (χ0n) is 9.96. The van der Waals surface area contributed by atoms with E-state index in [0.717, 1.165) is 4.47 Å². The summed E-state index contributed by atoms with van der Waals surface area (Å²) < 4.78 is 19.6. The highest BCUT2D eigenvalue weighted by Gasteiger charge is 2.18. The fourth-order valence-corrected chi connectivity index (χ4v) is 2.79. The fourth-order valence-electron chi connectivity index (χ4n) is 1.72. The van der Waals surface area contributed by atoms with E-state index in [4.69, 9.17) is 27.9 Å². The molecule has 19 heavy (non-hydrogen) atoms. The Balaban J connectivity index is 2.43. The molecule has 0 bridgehead atoms. The maximum absolute atomic E-state index is 13.8. The van der Waals surface area contributed by atoms with Crippen LogP contribution in [-0.4, -0.2) is 7.11 Å². The van der Waals surface area contributed by atoms with Gasteiger partial charge < -0.3 is 4.74 Å². The van der Waals surface area contributed by atoms with Crippen LogP contribution in [0.5, 0.6) is 5.75 Å². The number of alkyl halides is 1. The minimum Gasteiger partial charge on any atom is -0.497 e. The van der Waals surface area contributed by atoms with Crippen LogP contribution in [0.25, 0.3) is 0 Å². The number of methoxy groups -OCH3 is 1. The highest BCUT2D eigenvalue weighted by Crippen LogP contribution is 2.37. The van der Waals surface area contributed by atoms with E-state index in [1.165, 1.54) is 6.07 Å². The van der Waals surface area contributed by atoms with Crippen LogP contribution in [-0.2, 0) is 0 Å². The number of hydrogen-bond donors (Lipinski definition) is 0. The molecule has 1 atom stereocenters. The maximum atomic E-state index is 13.8. The van der Waals surface area contributed by atoms with Gasteiger partial charge in [-0.1, -0.05) is 33.6 Å². The fraction of sp³-hybridized carbons (Fsp3) is 0.143. The molecule has 2 rings (SSSR count). The Morgan fingerprint density at radius 3 is 2.53 bits per heavy atom. The van der Waals surface area contributed by atoms with E-state index in [9.17, 15) is 4.39 Å². The first-order valence-electron chi connectivity index (χ1n) is 5.45. The Morgan fingerprint density at radius 1 is 1.16 bits per heavy atom. The standard InChI is InChI=1S/C14H10BrCl2FO/c1-19-9-3-4-10(12(16)7-9)14(17)11-6-8(15)2-5-13(11)18/h2-7,14H,1H3. The number of halogens is 4. The van der Waals surface area contributed by atoms with Crippen molar-refractivity contribution in [3.63, 3.8) is 0 Å². The predicted octanol–water partition coefficient (Wildman–Crippen LogP) is 5.58. The van der Waals surface area contributed by atoms with Gasteiger partial charge in [-0.15, -0.1) is 11.6 Å². The molecule has 5 heteroatoms. The Hall–Kier alpha value is -0.770.